The maximum absolute atomic E-state index is 12.0. The molecule has 0 spiro atoms. The molecule has 2 rings (SSSR count). The second kappa shape index (κ2) is 4.83. The Labute approximate surface area is 113 Å². The molecule has 9 nitrogen and oxygen atoms in total. The quantitative estimate of drug-likeness (QED) is 0.637. The van der Waals surface area contributed by atoms with E-state index in [0.29, 0.717) is 0 Å². The monoisotopic (exact) mass is 280 g/mol. The van der Waals surface area contributed by atoms with Crippen molar-refractivity contribution in [1.82, 2.24) is 9.97 Å². The number of hydrogen-bond acceptors (Lipinski definition) is 8. The van der Waals surface area contributed by atoms with Gasteiger partial charge in [0.25, 0.3) is 0 Å². The Morgan fingerprint density at radius 2 is 2.05 bits per heavy atom. The van der Waals surface area contributed by atoms with Gasteiger partial charge < -0.3 is 14.6 Å². The van der Waals surface area contributed by atoms with E-state index in [1.807, 2.05) is 0 Å². The fourth-order valence-electron chi connectivity index (χ4n) is 1.80. The van der Waals surface area contributed by atoms with Gasteiger partial charge >= 0.3 is 17.5 Å². The number of carbonyl (C=O) groups excluding carboxylic acids is 1. The number of carbonyl (C=O) groups is 2. The van der Waals surface area contributed by atoms with Gasteiger partial charge in [-0.05, 0) is 13.8 Å². The Kier molecular flexibility index (Phi) is 3.35. The highest BCUT2D eigenvalue weighted by Crippen LogP contribution is 2.44. The predicted molar refractivity (Wildman–Crippen MR) is 63.8 cm³/mol. The number of esters is 1. The first kappa shape index (κ1) is 13.8. The molecule has 0 saturated heterocycles. The van der Waals surface area contributed by atoms with Crippen molar-refractivity contribution in [1.29, 1.82) is 0 Å². The molecule has 1 aliphatic rings. The number of aliphatic carboxylic acids is 1. The summed E-state index contributed by atoms with van der Waals surface area (Å²) in [6.45, 7) is 3.12. The van der Waals surface area contributed by atoms with E-state index >= 15 is 0 Å². The second-order valence-electron chi connectivity index (χ2n) is 3.91. The average molecular weight is 280 g/mol. The van der Waals surface area contributed by atoms with Crippen LogP contribution in [0.4, 0.5) is 5.69 Å². The zero-order valence-corrected chi connectivity index (χ0v) is 11.1. The van der Waals surface area contributed by atoms with E-state index in [2.05, 4.69) is 20.2 Å². The smallest absolute Gasteiger partial charge is 0.354 e. The third-order valence-electron chi connectivity index (χ3n) is 2.68. The van der Waals surface area contributed by atoms with Crippen molar-refractivity contribution >= 4 is 17.6 Å². The fraction of sp³-hybridized carbons (Fsp3) is 0.455. The van der Waals surface area contributed by atoms with Gasteiger partial charge in [-0.2, -0.15) is 10.1 Å². The number of ether oxygens (including phenoxy) is 2. The Morgan fingerprint density at radius 1 is 1.35 bits per heavy atom. The lowest BCUT2D eigenvalue weighted by Gasteiger charge is -2.18. The Hall–Kier alpha value is -2.58. The van der Waals surface area contributed by atoms with Gasteiger partial charge in [0.1, 0.15) is 11.5 Å². The maximum atomic E-state index is 12.0. The number of methoxy groups -OCH3 is 1. The van der Waals surface area contributed by atoms with Gasteiger partial charge in [-0.25, -0.2) is 14.6 Å². The van der Waals surface area contributed by atoms with E-state index in [4.69, 9.17) is 9.47 Å². The summed E-state index contributed by atoms with van der Waals surface area (Å²) in [7, 11) is 1.35. The van der Waals surface area contributed by atoms with Crippen LogP contribution in [0.3, 0.4) is 0 Å². The molecular formula is C11H12N4O5. The zero-order valence-electron chi connectivity index (χ0n) is 11.1. The van der Waals surface area contributed by atoms with Crippen LogP contribution in [0.15, 0.2) is 10.2 Å². The normalized spacial score (nSPS) is 19.6. The average Bonchev–Trinajstić information content (AvgIpc) is 2.78. The number of fused-ring (bicyclic) bond motifs is 1. The standard InChI is InChI=1S/C11H12N4O5/c1-4-20-10(18)11(9(16)17)7-6(14-15-11)8(19-3)13-5(2)12-7/h4H2,1-3H3,(H,16,17). The first-order chi connectivity index (χ1) is 9.47. The summed E-state index contributed by atoms with van der Waals surface area (Å²) in [5.74, 6) is -2.26. The van der Waals surface area contributed by atoms with Crippen LogP contribution in [0.1, 0.15) is 18.4 Å². The van der Waals surface area contributed by atoms with Crippen LogP contribution in [-0.4, -0.2) is 40.7 Å². The molecule has 0 amide bonds. The molecule has 0 aromatic carbocycles. The first-order valence-electron chi connectivity index (χ1n) is 5.74. The Morgan fingerprint density at radius 3 is 2.60 bits per heavy atom. The molecular weight excluding hydrogens is 268 g/mol. The molecule has 1 unspecified atom stereocenters. The van der Waals surface area contributed by atoms with Crippen LogP contribution in [-0.2, 0) is 19.9 Å². The number of aromatic nitrogens is 2. The minimum Gasteiger partial charge on any atom is -0.479 e. The van der Waals surface area contributed by atoms with Crippen molar-refractivity contribution in [3.63, 3.8) is 0 Å². The molecule has 1 atom stereocenters. The third kappa shape index (κ3) is 1.78. The van der Waals surface area contributed by atoms with Gasteiger partial charge in [-0.3, -0.25) is 0 Å². The van der Waals surface area contributed by atoms with Gasteiger partial charge in [0.05, 0.1) is 13.7 Å². The molecule has 1 aliphatic heterocycles. The summed E-state index contributed by atoms with van der Waals surface area (Å²) in [5, 5.41) is 16.7. The number of hydrogen-bond donors (Lipinski definition) is 1. The zero-order chi connectivity index (χ0) is 14.9. The van der Waals surface area contributed by atoms with Crippen molar-refractivity contribution < 1.29 is 24.2 Å². The molecule has 1 aromatic heterocycles. The SMILES string of the molecule is CCOC(=O)C1(C(=O)O)N=Nc2c(OC)nc(C)nc21. The minimum absolute atomic E-state index is 0.0138. The molecule has 0 aliphatic carbocycles. The minimum atomic E-state index is -2.30. The number of aryl methyl sites for hydroxylation is 1. The van der Waals surface area contributed by atoms with Gasteiger partial charge in [-0.15, -0.1) is 5.11 Å². The lowest BCUT2D eigenvalue weighted by atomic mass is 9.96. The van der Waals surface area contributed by atoms with Crippen molar-refractivity contribution in [2.45, 2.75) is 19.4 Å². The number of rotatable bonds is 4. The molecule has 0 radical (unpaired) electrons. The van der Waals surface area contributed by atoms with Crippen LogP contribution in [0.5, 0.6) is 5.88 Å². The topological polar surface area (TPSA) is 123 Å². The van der Waals surface area contributed by atoms with E-state index in [0.717, 1.165) is 0 Å². The van der Waals surface area contributed by atoms with Crippen molar-refractivity contribution in [3.8, 4) is 5.88 Å². The fourth-order valence-corrected chi connectivity index (χ4v) is 1.80. The number of carboxylic acids is 1. The largest absolute Gasteiger partial charge is 0.479 e. The molecule has 1 aromatic rings. The van der Waals surface area contributed by atoms with Crippen LogP contribution >= 0.6 is 0 Å². The van der Waals surface area contributed by atoms with E-state index in [1.54, 1.807) is 13.8 Å². The second-order valence-corrected chi connectivity index (χ2v) is 3.91. The lowest BCUT2D eigenvalue weighted by Crippen LogP contribution is -2.42. The molecule has 20 heavy (non-hydrogen) atoms. The molecule has 0 saturated carbocycles. The molecule has 106 valence electrons. The van der Waals surface area contributed by atoms with Crippen LogP contribution in [0.25, 0.3) is 0 Å². The van der Waals surface area contributed by atoms with Gasteiger partial charge in [0.2, 0.25) is 5.88 Å². The van der Waals surface area contributed by atoms with Crippen molar-refractivity contribution in [3.05, 3.63) is 11.5 Å². The lowest BCUT2D eigenvalue weighted by molar-refractivity contribution is -0.161. The van der Waals surface area contributed by atoms with Gasteiger partial charge in [-0.1, -0.05) is 0 Å². The first-order valence-corrected chi connectivity index (χ1v) is 5.74. The van der Waals surface area contributed by atoms with Crippen molar-refractivity contribution in [2.24, 2.45) is 10.2 Å². The highest BCUT2D eigenvalue weighted by Gasteiger charge is 2.57. The van der Waals surface area contributed by atoms with Gasteiger partial charge in [0, 0.05) is 0 Å². The summed E-state index contributed by atoms with van der Waals surface area (Å²) in [6.07, 6.45) is 0. The molecule has 0 fully saturated rings. The predicted octanol–water partition coefficient (Wildman–Crippen LogP) is 0.734. The maximum Gasteiger partial charge on any atom is 0.354 e. The van der Waals surface area contributed by atoms with Crippen molar-refractivity contribution in [2.75, 3.05) is 13.7 Å². The molecule has 0 bridgehead atoms. The molecule has 9 heteroatoms. The summed E-state index contributed by atoms with van der Waals surface area (Å²) < 4.78 is 9.79. The number of azo groups is 1. The van der Waals surface area contributed by atoms with E-state index in [9.17, 15) is 14.7 Å². The Balaban J connectivity index is 2.68. The van der Waals surface area contributed by atoms with E-state index in [-0.39, 0.29) is 29.7 Å². The summed E-state index contributed by atoms with van der Waals surface area (Å²) in [6, 6.07) is 0. The number of nitrogens with zero attached hydrogens (tertiary/aromatic N) is 4. The molecule has 2 heterocycles. The van der Waals surface area contributed by atoms with Crippen LogP contribution in [0.2, 0.25) is 0 Å². The third-order valence-corrected chi connectivity index (χ3v) is 2.68. The van der Waals surface area contributed by atoms with E-state index < -0.39 is 17.5 Å². The highest BCUT2D eigenvalue weighted by atomic mass is 16.5. The summed E-state index contributed by atoms with van der Waals surface area (Å²) in [5.41, 5.74) is -2.42. The highest BCUT2D eigenvalue weighted by molar-refractivity contribution is 6.06. The Bertz CT molecular complexity index is 615. The van der Waals surface area contributed by atoms with Crippen LogP contribution < -0.4 is 4.74 Å². The summed E-state index contributed by atoms with van der Waals surface area (Å²) in [4.78, 5) is 31.5. The van der Waals surface area contributed by atoms with Crippen LogP contribution in [0, 0.1) is 6.92 Å². The summed E-state index contributed by atoms with van der Waals surface area (Å²) >= 11 is 0. The van der Waals surface area contributed by atoms with Gasteiger partial charge in [0.15, 0.2) is 5.69 Å². The number of carboxylic acid groups (broad SMARTS) is 1. The molecule has 1 N–H and O–H groups in total. The van der Waals surface area contributed by atoms with E-state index in [1.165, 1.54) is 7.11 Å².